The van der Waals surface area contributed by atoms with E-state index >= 15 is 0 Å². The number of nitrogens with one attached hydrogen (secondary N) is 1. The molecule has 0 spiro atoms. The molecule has 0 aliphatic heterocycles. The standard InChI is InChI=1S/C9H13NO2S/c1-6(8-4-3-5-12-8)10-9(11)7(2)13/h3-7,13H,1-2H3,(H,10,11). The third kappa shape index (κ3) is 2.81. The molecule has 0 aliphatic rings. The summed E-state index contributed by atoms with van der Waals surface area (Å²) in [5, 5.41) is 2.48. The minimum atomic E-state index is -0.294. The van der Waals surface area contributed by atoms with Gasteiger partial charge in [-0.1, -0.05) is 0 Å². The van der Waals surface area contributed by atoms with Crippen LogP contribution < -0.4 is 5.32 Å². The molecule has 3 nitrogen and oxygen atoms in total. The van der Waals surface area contributed by atoms with Crippen molar-refractivity contribution in [2.45, 2.75) is 25.1 Å². The summed E-state index contributed by atoms with van der Waals surface area (Å²) >= 11 is 4.02. The zero-order valence-electron chi connectivity index (χ0n) is 7.65. The summed E-state index contributed by atoms with van der Waals surface area (Å²) in [6.07, 6.45) is 1.59. The lowest BCUT2D eigenvalue weighted by molar-refractivity contribution is -0.121. The van der Waals surface area contributed by atoms with E-state index in [1.54, 1.807) is 19.3 Å². The van der Waals surface area contributed by atoms with Gasteiger partial charge in [-0.25, -0.2) is 0 Å². The van der Waals surface area contributed by atoms with Crippen molar-refractivity contribution in [3.63, 3.8) is 0 Å². The van der Waals surface area contributed by atoms with Crippen LogP contribution in [0.3, 0.4) is 0 Å². The van der Waals surface area contributed by atoms with Gasteiger partial charge in [0.05, 0.1) is 17.6 Å². The molecular formula is C9H13NO2S. The van der Waals surface area contributed by atoms with Gasteiger partial charge in [0.1, 0.15) is 5.76 Å². The molecule has 1 amide bonds. The van der Waals surface area contributed by atoms with E-state index in [4.69, 9.17) is 4.42 Å². The van der Waals surface area contributed by atoms with Crippen LogP contribution in [-0.2, 0) is 4.79 Å². The Kier molecular flexibility index (Phi) is 3.42. The third-order valence-corrected chi connectivity index (χ3v) is 1.94. The molecular weight excluding hydrogens is 186 g/mol. The molecule has 13 heavy (non-hydrogen) atoms. The van der Waals surface area contributed by atoms with Gasteiger partial charge in [-0.3, -0.25) is 4.79 Å². The SMILES string of the molecule is CC(S)C(=O)NC(C)c1ccco1. The normalized spacial score (nSPS) is 15.0. The van der Waals surface area contributed by atoms with Crippen LogP contribution in [0.4, 0.5) is 0 Å². The summed E-state index contributed by atoms with van der Waals surface area (Å²) in [5.41, 5.74) is 0. The van der Waals surface area contributed by atoms with Crippen LogP contribution >= 0.6 is 12.6 Å². The first-order chi connectivity index (χ1) is 6.11. The maximum Gasteiger partial charge on any atom is 0.233 e. The van der Waals surface area contributed by atoms with Crippen LogP contribution in [0.25, 0.3) is 0 Å². The number of carbonyl (C=O) groups is 1. The van der Waals surface area contributed by atoms with Crippen molar-refractivity contribution in [3.05, 3.63) is 24.2 Å². The maximum atomic E-state index is 11.2. The molecule has 1 rings (SSSR count). The van der Waals surface area contributed by atoms with E-state index in [2.05, 4.69) is 17.9 Å². The summed E-state index contributed by atoms with van der Waals surface area (Å²) in [7, 11) is 0. The van der Waals surface area contributed by atoms with Crippen molar-refractivity contribution in [3.8, 4) is 0 Å². The molecule has 1 N–H and O–H groups in total. The van der Waals surface area contributed by atoms with Crippen LogP contribution in [0.1, 0.15) is 25.6 Å². The van der Waals surface area contributed by atoms with E-state index < -0.39 is 0 Å². The van der Waals surface area contributed by atoms with Crippen LogP contribution in [0, 0.1) is 0 Å². The predicted molar refractivity (Wildman–Crippen MR) is 53.7 cm³/mol. The van der Waals surface area contributed by atoms with Gasteiger partial charge in [0.15, 0.2) is 0 Å². The molecule has 0 fully saturated rings. The van der Waals surface area contributed by atoms with Gasteiger partial charge in [0, 0.05) is 0 Å². The van der Waals surface area contributed by atoms with Crippen molar-refractivity contribution in [1.82, 2.24) is 5.32 Å². The molecule has 4 heteroatoms. The van der Waals surface area contributed by atoms with Crippen LogP contribution in [0.5, 0.6) is 0 Å². The summed E-state index contributed by atoms with van der Waals surface area (Å²) in [6, 6.07) is 3.52. The summed E-state index contributed by atoms with van der Waals surface area (Å²) < 4.78 is 5.14. The van der Waals surface area contributed by atoms with E-state index in [1.165, 1.54) is 0 Å². The van der Waals surface area contributed by atoms with E-state index in [1.807, 2.05) is 13.0 Å². The molecule has 0 aromatic carbocycles. The monoisotopic (exact) mass is 199 g/mol. The minimum Gasteiger partial charge on any atom is -0.467 e. The minimum absolute atomic E-state index is 0.0905. The van der Waals surface area contributed by atoms with E-state index in [-0.39, 0.29) is 17.2 Å². The zero-order chi connectivity index (χ0) is 9.84. The second-order valence-electron chi connectivity index (χ2n) is 2.92. The number of hydrogen-bond acceptors (Lipinski definition) is 3. The van der Waals surface area contributed by atoms with Crippen molar-refractivity contribution < 1.29 is 9.21 Å². The average molecular weight is 199 g/mol. The van der Waals surface area contributed by atoms with Crippen LogP contribution in [-0.4, -0.2) is 11.2 Å². The summed E-state index contributed by atoms with van der Waals surface area (Å²) in [5.74, 6) is 0.662. The summed E-state index contributed by atoms with van der Waals surface area (Å²) in [4.78, 5) is 11.2. The maximum absolute atomic E-state index is 11.2. The largest absolute Gasteiger partial charge is 0.467 e. The molecule has 2 unspecified atom stereocenters. The number of furan rings is 1. The van der Waals surface area contributed by atoms with Gasteiger partial charge in [-0.05, 0) is 26.0 Å². The molecule has 0 radical (unpaired) electrons. The van der Waals surface area contributed by atoms with Gasteiger partial charge < -0.3 is 9.73 Å². The number of thiol groups is 1. The Morgan fingerprint density at radius 1 is 1.62 bits per heavy atom. The summed E-state index contributed by atoms with van der Waals surface area (Å²) in [6.45, 7) is 3.60. The van der Waals surface area contributed by atoms with Crippen molar-refractivity contribution in [2.24, 2.45) is 0 Å². The number of carbonyl (C=O) groups excluding carboxylic acids is 1. The first-order valence-electron chi connectivity index (χ1n) is 4.13. The quantitative estimate of drug-likeness (QED) is 0.729. The van der Waals surface area contributed by atoms with E-state index in [9.17, 15) is 4.79 Å². The van der Waals surface area contributed by atoms with Gasteiger partial charge in [-0.15, -0.1) is 0 Å². The zero-order valence-corrected chi connectivity index (χ0v) is 8.54. The number of amides is 1. The number of rotatable bonds is 3. The van der Waals surface area contributed by atoms with Crippen molar-refractivity contribution in [1.29, 1.82) is 0 Å². The Morgan fingerprint density at radius 3 is 2.77 bits per heavy atom. The van der Waals surface area contributed by atoms with Crippen LogP contribution in [0.15, 0.2) is 22.8 Å². The first kappa shape index (κ1) is 10.2. The Hall–Kier alpha value is -0.900. The molecule has 1 aromatic heterocycles. The molecule has 1 heterocycles. The number of hydrogen-bond donors (Lipinski definition) is 2. The highest BCUT2D eigenvalue weighted by molar-refractivity contribution is 7.81. The van der Waals surface area contributed by atoms with Gasteiger partial charge in [0.2, 0.25) is 5.91 Å². The highest BCUT2D eigenvalue weighted by atomic mass is 32.1. The van der Waals surface area contributed by atoms with Crippen molar-refractivity contribution in [2.75, 3.05) is 0 Å². The van der Waals surface area contributed by atoms with Gasteiger partial charge in [-0.2, -0.15) is 12.6 Å². The highest BCUT2D eigenvalue weighted by Crippen LogP contribution is 2.12. The Bertz CT molecular complexity index is 269. The lowest BCUT2D eigenvalue weighted by Crippen LogP contribution is -2.31. The van der Waals surface area contributed by atoms with Crippen LogP contribution in [0.2, 0.25) is 0 Å². The fraction of sp³-hybridized carbons (Fsp3) is 0.444. The second kappa shape index (κ2) is 4.37. The molecule has 0 aliphatic carbocycles. The van der Waals surface area contributed by atoms with Crippen molar-refractivity contribution >= 4 is 18.5 Å². The Morgan fingerprint density at radius 2 is 2.31 bits per heavy atom. The van der Waals surface area contributed by atoms with E-state index in [0.29, 0.717) is 0 Å². The topological polar surface area (TPSA) is 42.2 Å². The Balaban J connectivity index is 2.51. The molecule has 72 valence electrons. The molecule has 0 bridgehead atoms. The fourth-order valence-corrected chi connectivity index (χ4v) is 1.02. The Labute approximate surface area is 82.9 Å². The second-order valence-corrected chi connectivity index (χ2v) is 3.70. The van der Waals surface area contributed by atoms with Gasteiger partial charge >= 0.3 is 0 Å². The fourth-order valence-electron chi connectivity index (χ4n) is 0.943. The van der Waals surface area contributed by atoms with E-state index in [0.717, 1.165) is 5.76 Å². The first-order valence-corrected chi connectivity index (χ1v) is 4.64. The smallest absolute Gasteiger partial charge is 0.233 e. The lowest BCUT2D eigenvalue weighted by Gasteiger charge is -2.12. The highest BCUT2D eigenvalue weighted by Gasteiger charge is 2.14. The van der Waals surface area contributed by atoms with Gasteiger partial charge in [0.25, 0.3) is 0 Å². The molecule has 0 saturated carbocycles. The third-order valence-electron chi connectivity index (χ3n) is 1.71. The molecule has 0 saturated heterocycles. The lowest BCUT2D eigenvalue weighted by atomic mass is 10.2. The predicted octanol–water partition coefficient (Wildman–Crippen LogP) is 1.78. The average Bonchev–Trinajstić information content (AvgIpc) is 2.55. The molecule has 1 aromatic rings. The molecule has 2 atom stereocenters.